The van der Waals surface area contributed by atoms with E-state index in [2.05, 4.69) is 10.0 Å². The first-order valence-corrected chi connectivity index (χ1v) is 7.95. The molecular formula is C13H20N2O3S. The molecule has 1 fully saturated rings. The lowest BCUT2D eigenvalue weighted by Crippen LogP contribution is -2.26. The van der Waals surface area contributed by atoms with Gasteiger partial charge in [-0.3, -0.25) is 0 Å². The lowest BCUT2D eigenvalue weighted by molar-refractivity contribution is 0.184. The van der Waals surface area contributed by atoms with E-state index < -0.39 is 10.0 Å². The molecule has 106 valence electrons. The molecule has 1 aliphatic rings. The van der Waals surface area contributed by atoms with Gasteiger partial charge in [0.25, 0.3) is 0 Å². The number of sulfonamides is 1. The van der Waals surface area contributed by atoms with Gasteiger partial charge in [-0.25, -0.2) is 13.1 Å². The van der Waals surface area contributed by atoms with E-state index in [9.17, 15) is 8.42 Å². The smallest absolute Gasteiger partial charge is 0.240 e. The summed E-state index contributed by atoms with van der Waals surface area (Å²) in [7, 11) is -1.60. The van der Waals surface area contributed by atoms with Crippen LogP contribution in [0, 0.1) is 5.92 Å². The summed E-state index contributed by atoms with van der Waals surface area (Å²) in [5, 5.41) is 2.96. The van der Waals surface area contributed by atoms with Gasteiger partial charge < -0.3 is 10.1 Å². The molecule has 1 saturated heterocycles. The highest BCUT2D eigenvalue weighted by Crippen LogP contribution is 2.17. The maximum absolute atomic E-state index is 12.0. The summed E-state index contributed by atoms with van der Waals surface area (Å²) in [5.41, 5.74) is 0.891. The van der Waals surface area contributed by atoms with Crippen molar-refractivity contribution in [1.82, 2.24) is 4.72 Å². The minimum Gasteiger partial charge on any atom is -0.388 e. The van der Waals surface area contributed by atoms with Gasteiger partial charge in [0, 0.05) is 32.5 Å². The molecule has 1 heterocycles. The zero-order valence-corrected chi connectivity index (χ0v) is 11.9. The van der Waals surface area contributed by atoms with Gasteiger partial charge in [-0.15, -0.1) is 0 Å². The zero-order chi connectivity index (χ0) is 13.7. The van der Waals surface area contributed by atoms with Crippen LogP contribution in [0.25, 0.3) is 0 Å². The van der Waals surface area contributed by atoms with E-state index in [0.29, 0.717) is 17.4 Å². The Labute approximate surface area is 114 Å². The van der Waals surface area contributed by atoms with Crippen molar-refractivity contribution in [1.29, 1.82) is 0 Å². The molecule has 0 spiro atoms. The standard InChI is InChI=1S/C13H20N2O3S/c1-14-12-2-4-13(5-3-12)19(16,17)15-8-6-11-7-9-18-10-11/h2-5,11,14-15H,6-10H2,1H3. The summed E-state index contributed by atoms with van der Waals surface area (Å²) in [6, 6.07) is 6.71. The first-order valence-electron chi connectivity index (χ1n) is 6.47. The van der Waals surface area contributed by atoms with E-state index in [1.54, 1.807) is 31.3 Å². The molecule has 0 radical (unpaired) electrons. The van der Waals surface area contributed by atoms with Gasteiger partial charge in [-0.05, 0) is 43.0 Å². The quantitative estimate of drug-likeness (QED) is 0.829. The summed E-state index contributed by atoms with van der Waals surface area (Å²) in [6.45, 7) is 2.01. The van der Waals surface area contributed by atoms with Crippen molar-refractivity contribution >= 4 is 15.7 Å². The van der Waals surface area contributed by atoms with E-state index in [-0.39, 0.29) is 0 Å². The van der Waals surface area contributed by atoms with E-state index in [4.69, 9.17) is 4.74 Å². The van der Waals surface area contributed by atoms with Crippen LogP contribution in [0.3, 0.4) is 0 Å². The average Bonchev–Trinajstić information content (AvgIpc) is 2.92. The molecule has 1 unspecified atom stereocenters. The Morgan fingerprint density at radius 2 is 2.05 bits per heavy atom. The van der Waals surface area contributed by atoms with Crippen LogP contribution in [0.2, 0.25) is 0 Å². The molecule has 5 nitrogen and oxygen atoms in total. The Hall–Kier alpha value is -1.11. The van der Waals surface area contributed by atoms with Crippen molar-refractivity contribution in [3.8, 4) is 0 Å². The van der Waals surface area contributed by atoms with Crippen molar-refractivity contribution < 1.29 is 13.2 Å². The topological polar surface area (TPSA) is 67.4 Å². The highest BCUT2D eigenvalue weighted by molar-refractivity contribution is 7.89. The number of ether oxygens (including phenoxy) is 1. The first kappa shape index (κ1) is 14.3. The highest BCUT2D eigenvalue weighted by atomic mass is 32.2. The SMILES string of the molecule is CNc1ccc(S(=O)(=O)NCCC2CCOC2)cc1. The molecule has 1 atom stereocenters. The number of benzene rings is 1. The van der Waals surface area contributed by atoms with Crippen LogP contribution < -0.4 is 10.0 Å². The average molecular weight is 284 g/mol. The fourth-order valence-electron chi connectivity index (χ4n) is 2.09. The van der Waals surface area contributed by atoms with Gasteiger partial charge in [-0.2, -0.15) is 0 Å². The minimum absolute atomic E-state index is 0.300. The molecule has 0 aliphatic carbocycles. The Kier molecular flexibility index (Phi) is 4.79. The summed E-state index contributed by atoms with van der Waals surface area (Å²) >= 11 is 0. The number of rotatable bonds is 6. The van der Waals surface area contributed by atoms with Gasteiger partial charge in [0.15, 0.2) is 0 Å². The van der Waals surface area contributed by atoms with Crippen molar-refractivity contribution in [2.45, 2.75) is 17.7 Å². The maximum Gasteiger partial charge on any atom is 0.240 e. The summed E-state index contributed by atoms with van der Waals surface area (Å²) in [4.78, 5) is 0.300. The summed E-state index contributed by atoms with van der Waals surface area (Å²) in [5.74, 6) is 0.481. The number of nitrogens with one attached hydrogen (secondary N) is 2. The third-order valence-electron chi connectivity index (χ3n) is 3.32. The molecule has 19 heavy (non-hydrogen) atoms. The molecule has 2 rings (SSSR count). The van der Waals surface area contributed by atoms with Crippen LogP contribution >= 0.6 is 0 Å². The third kappa shape index (κ3) is 3.92. The van der Waals surface area contributed by atoms with Gasteiger partial charge in [0.05, 0.1) is 4.90 Å². The fourth-order valence-corrected chi connectivity index (χ4v) is 3.14. The lowest BCUT2D eigenvalue weighted by Gasteiger charge is -2.10. The molecule has 0 aromatic heterocycles. The Morgan fingerprint density at radius 1 is 1.32 bits per heavy atom. The van der Waals surface area contributed by atoms with Gasteiger partial charge in [0.2, 0.25) is 10.0 Å². The highest BCUT2D eigenvalue weighted by Gasteiger charge is 2.18. The van der Waals surface area contributed by atoms with Crippen molar-refractivity contribution in [3.05, 3.63) is 24.3 Å². The Morgan fingerprint density at radius 3 is 2.63 bits per heavy atom. The molecule has 1 aromatic rings. The molecular weight excluding hydrogens is 264 g/mol. The van der Waals surface area contributed by atoms with Gasteiger partial charge >= 0.3 is 0 Å². The van der Waals surface area contributed by atoms with Crippen LogP contribution in [-0.4, -0.2) is 35.2 Å². The minimum atomic E-state index is -3.40. The second-order valence-corrected chi connectivity index (χ2v) is 6.46. The van der Waals surface area contributed by atoms with Crippen LogP contribution in [0.1, 0.15) is 12.8 Å². The molecule has 0 saturated carbocycles. The van der Waals surface area contributed by atoms with Crippen molar-refractivity contribution in [2.24, 2.45) is 5.92 Å². The maximum atomic E-state index is 12.0. The monoisotopic (exact) mass is 284 g/mol. The second-order valence-electron chi connectivity index (χ2n) is 4.69. The predicted octanol–water partition coefficient (Wildman–Crippen LogP) is 1.43. The van der Waals surface area contributed by atoms with Crippen LogP contribution in [-0.2, 0) is 14.8 Å². The number of anilines is 1. The predicted molar refractivity (Wildman–Crippen MR) is 74.7 cm³/mol. The van der Waals surface area contributed by atoms with Crippen LogP contribution in [0.4, 0.5) is 5.69 Å². The summed E-state index contributed by atoms with van der Waals surface area (Å²) < 4.78 is 32.0. The van der Waals surface area contributed by atoms with E-state index in [1.807, 2.05) is 0 Å². The molecule has 1 aromatic carbocycles. The Balaban J connectivity index is 1.89. The third-order valence-corrected chi connectivity index (χ3v) is 4.80. The largest absolute Gasteiger partial charge is 0.388 e. The molecule has 0 amide bonds. The van der Waals surface area contributed by atoms with E-state index >= 15 is 0 Å². The van der Waals surface area contributed by atoms with Gasteiger partial charge in [-0.1, -0.05) is 0 Å². The molecule has 1 aliphatic heterocycles. The fraction of sp³-hybridized carbons (Fsp3) is 0.538. The Bertz CT molecular complexity index is 493. The number of hydrogen-bond donors (Lipinski definition) is 2. The normalized spacial score (nSPS) is 19.5. The second kappa shape index (κ2) is 6.36. The van der Waals surface area contributed by atoms with Crippen LogP contribution in [0.5, 0.6) is 0 Å². The molecule has 0 bridgehead atoms. The van der Waals surface area contributed by atoms with Gasteiger partial charge in [0.1, 0.15) is 0 Å². The van der Waals surface area contributed by atoms with E-state index in [1.165, 1.54) is 0 Å². The summed E-state index contributed by atoms with van der Waals surface area (Å²) in [6.07, 6.45) is 1.85. The zero-order valence-electron chi connectivity index (χ0n) is 11.1. The molecule has 2 N–H and O–H groups in total. The van der Waals surface area contributed by atoms with Crippen molar-refractivity contribution in [2.75, 3.05) is 32.1 Å². The lowest BCUT2D eigenvalue weighted by atomic mass is 10.1. The van der Waals surface area contributed by atoms with Crippen molar-refractivity contribution in [3.63, 3.8) is 0 Å². The van der Waals surface area contributed by atoms with E-state index in [0.717, 1.165) is 31.7 Å². The molecule has 6 heteroatoms. The first-order chi connectivity index (χ1) is 9.12. The number of hydrogen-bond acceptors (Lipinski definition) is 4. The van der Waals surface area contributed by atoms with Crippen LogP contribution in [0.15, 0.2) is 29.2 Å².